The van der Waals surface area contributed by atoms with E-state index in [1.54, 1.807) is 0 Å². The van der Waals surface area contributed by atoms with E-state index in [9.17, 15) is 9.90 Å². The van der Waals surface area contributed by atoms with E-state index in [0.717, 1.165) is 30.6 Å². The van der Waals surface area contributed by atoms with E-state index in [2.05, 4.69) is 10.6 Å². The van der Waals surface area contributed by atoms with Crippen molar-refractivity contribution < 1.29 is 14.6 Å². The van der Waals surface area contributed by atoms with Crippen molar-refractivity contribution in [2.75, 3.05) is 19.8 Å². The van der Waals surface area contributed by atoms with Crippen LogP contribution in [0.1, 0.15) is 44.7 Å². The van der Waals surface area contributed by atoms with Gasteiger partial charge in [0, 0.05) is 17.5 Å². The Morgan fingerprint density at radius 3 is 2.68 bits per heavy atom. The lowest BCUT2D eigenvalue weighted by molar-refractivity contribution is 0.202. The molecule has 122 valence electrons. The zero-order valence-electron chi connectivity index (χ0n) is 13.4. The number of carbonyl (C=O) groups is 1. The van der Waals surface area contributed by atoms with Crippen LogP contribution in [0.3, 0.4) is 0 Å². The third-order valence-electron chi connectivity index (χ3n) is 4.22. The Morgan fingerprint density at radius 1 is 1.36 bits per heavy atom. The molecule has 2 rings (SSSR count). The fraction of sp³-hybridized carbons (Fsp3) is 0.588. The summed E-state index contributed by atoms with van der Waals surface area (Å²) in [4.78, 5) is 12.1. The summed E-state index contributed by atoms with van der Waals surface area (Å²) in [5.41, 5.74) is 0.910. The van der Waals surface area contributed by atoms with Gasteiger partial charge in [0.2, 0.25) is 0 Å². The van der Waals surface area contributed by atoms with Gasteiger partial charge in [0.15, 0.2) is 0 Å². The summed E-state index contributed by atoms with van der Waals surface area (Å²) < 4.78 is 5.64. The lowest BCUT2D eigenvalue weighted by atomic mass is 10.0. The predicted octanol–water partition coefficient (Wildman–Crippen LogP) is 2.61. The van der Waals surface area contributed by atoms with E-state index in [1.165, 1.54) is 0 Å². The number of rotatable bonds is 8. The van der Waals surface area contributed by atoms with Crippen LogP contribution < -0.4 is 15.4 Å². The zero-order valence-corrected chi connectivity index (χ0v) is 13.4. The largest absolute Gasteiger partial charge is 0.494 e. The zero-order chi connectivity index (χ0) is 16.0. The minimum absolute atomic E-state index is 0.0811. The molecule has 1 aliphatic rings. The highest BCUT2D eigenvalue weighted by Crippen LogP contribution is 2.44. The number of para-hydroxylation sites is 1. The second-order valence-corrected chi connectivity index (χ2v) is 5.92. The Labute approximate surface area is 132 Å². The number of aliphatic hydroxyl groups excluding tert-OH is 1. The Kier molecular flexibility index (Phi) is 5.66. The summed E-state index contributed by atoms with van der Waals surface area (Å²) in [6, 6.07) is 7.50. The number of nitrogens with one attached hydrogen (secondary N) is 2. The number of hydrogen-bond acceptors (Lipinski definition) is 3. The van der Waals surface area contributed by atoms with Gasteiger partial charge in [-0.3, -0.25) is 0 Å². The summed E-state index contributed by atoms with van der Waals surface area (Å²) in [6.45, 7) is 5.24. The molecule has 1 unspecified atom stereocenters. The van der Waals surface area contributed by atoms with Gasteiger partial charge in [0.25, 0.3) is 0 Å². The van der Waals surface area contributed by atoms with Crippen molar-refractivity contribution in [1.29, 1.82) is 0 Å². The first-order chi connectivity index (χ1) is 10.6. The first kappa shape index (κ1) is 16.6. The number of benzene rings is 1. The van der Waals surface area contributed by atoms with Gasteiger partial charge in [-0.1, -0.05) is 25.1 Å². The molecule has 5 heteroatoms. The summed E-state index contributed by atoms with van der Waals surface area (Å²) in [7, 11) is 0. The fourth-order valence-corrected chi connectivity index (χ4v) is 2.50. The first-order valence-electron chi connectivity index (χ1n) is 8.01. The topological polar surface area (TPSA) is 70.6 Å². The third kappa shape index (κ3) is 4.13. The Hall–Kier alpha value is -1.75. The molecule has 1 atom stereocenters. The molecule has 0 spiro atoms. The Morgan fingerprint density at radius 2 is 2.09 bits per heavy atom. The highest BCUT2D eigenvalue weighted by Gasteiger charge is 2.42. The van der Waals surface area contributed by atoms with Crippen LogP contribution in [0.4, 0.5) is 4.79 Å². The predicted molar refractivity (Wildman–Crippen MR) is 85.9 cm³/mol. The van der Waals surface area contributed by atoms with Gasteiger partial charge in [-0.05, 0) is 32.3 Å². The summed E-state index contributed by atoms with van der Waals surface area (Å²) >= 11 is 0. The minimum Gasteiger partial charge on any atom is -0.494 e. The maximum Gasteiger partial charge on any atom is 0.315 e. The molecule has 1 aromatic carbocycles. The van der Waals surface area contributed by atoms with E-state index < -0.39 is 0 Å². The van der Waals surface area contributed by atoms with Gasteiger partial charge >= 0.3 is 6.03 Å². The average Bonchev–Trinajstić information content (AvgIpc) is 3.32. The van der Waals surface area contributed by atoms with E-state index in [-0.39, 0.29) is 24.1 Å². The molecule has 0 heterocycles. The first-order valence-corrected chi connectivity index (χ1v) is 8.01. The highest BCUT2D eigenvalue weighted by atomic mass is 16.5. The number of aliphatic hydroxyl groups is 1. The Balaban J connectivity index is 1.95. The van der Waals surface area contributed by atoms with Gasteiger partial charge in [-0.2, -0.15) is 0 Å². The lowest BCUT2D eigenvalue weighted by Gasteiger charge is -2.21. The molecule has 0 aromatic heterocycles. The normalized spacial score (nSPS) is 16.7. The summed E-state index contributed by atoms with van der Waals surface area (Å²) in [6.07, 6.45) is 2.74. The molecule has 1 saturated carbocycles. The highest BCUT2D eigenvalue weighted by molar-refractivity contribution is 5.74. The van der Waals surface area contributed by atoms with Crippen LogP contribution in [0, 0.1) is 5.41 Å². The number of urea groups is 1. The second kappa shape index (κ2) is 7.49. The van der Waals surface area contributed by atoms with Crippen molar-refractivity contribution in [1.82, 2.24) is 10.6 Å². The molecule has 5 nitrogen and oxygen atoms in total. The second-order valence-electron chi connectivity index (χ2n) is 5.92. The van der Waals surface area contributed by atoms with Gasteiger partial charge in [0.1, 0.15) is 5.75 Å². The molecule has 0 bridgehead atoms. The number of ether oxygens (including phenoxy) is 1. The van der Waals surface area contributed by atoms with Crippen LogP contribution in [-0.4, -0.2) is 30.9 Å². The van der Waals surface area contributed by atoms with Crippen molar-refractivity contribution in [3.05, 3.63) is 29.8 Å². The SMILES string of the molecule is CCOc1ccccc1C(CC)NC(=O)NCC1(CO)CC1. The molecule has 1 aromatic rings. The molecule has 0 aliphatic heterocycles. The van der Waals surface area contributed by atoms with Crippen LogP contribution in [0.15, 0.2) is 24.3 Å². The van der Waals surface area contributed by atoms with Crippen LogP contribution in [0.2, 0.25) is 0 Å². The maximum atomic E-state index is 12.1. The minimum atomic E-state index is -0.196. The van der Waals surface area contributed by atoms with Crippen molar-refractivity contribution in [3.8, 4) is 5.75 Å². The quantitative estimate of drug-likeness (QED) is 0.691. The fourth-order valence-electron chi connectivity index (χ4n) is 2.50. The summed E-state index contributed by atoms with van der Waals surface area (Å²) in [5, 5.41) is 15.1. The van der Waals surface area contributed by atoms with Crippen molar-refractivity contribution >= 4 is 6.03 Å². The molecular formula is C17H26N2O3. The van der Waals surface area contributed by atoms with Gasteiger partial charge in [-0.25, -0.2) is 4.79 Å². The van der Waals surface area contributed by atoms with Gasteiger partial charge in [-0.15, -0.1) is 0 Å². The average molecular weight is 306 g/mol. The third-order valence-corrected chi connectivity index (χ3v) is 4.22. The number of amides is 2. The summed E-state index contributed by atoms with van der Waals surface area (Å²) in [5.74, 6) is 0.811. The van der Waals surface area contributed by atoms with E-state index in [4.69, 9.17) is 4.74 Å². The molecule has 1 fully saturated rings. The van der Waals surface area contributed by atoms with Crippen LogP contribution >= 0.6 is 0 Å². The Bertz CT molecular complexity index is 500. The van der Waals surface area contributed by atoms with E-state index in [1.807, 2.05) is 38.1 Å². The molecule has 2 amide bonds. The van der Waals surface area contributed by atoms with Crippen molar-refractivity contribution in [2.45, 2.75) is 39.2 Å². The van der Waals surface area contributed by atoms with Gasteiger partial charge in [0.05, 0.1) is 19.3 Å². The molecule has 0 radical (unpaired) electrons. The molecule has 3 N–H and O–H groups in total. The smallest absolute Gasteiger partial charge is 0.315 e. The standard InChI is InChI=1S/C17H26N2O3/c1-3-14(13-7-5-6-8-15(13)22-4-2)19-16(21)18-11-17(12-20)9-10-17/h5-8,14,20H,3-4,9-12H2,1-2H3,(H2,18,19,21). The van der Waals surface area contributed by atoms with E-state index >= 15 is 0 Å². The van der Waals surface area contributed by atoms with E-state index in [0.29, 0.717) is 13.2 Å². The maximum absolute atomic E-state index is 12.1. The lowest BCUT2D eigenvalue weighted by Crippen LogP contribution is -2.41. The monoisotopic (exact) mass is 306 g/mol. The van der Waals surface area contributed by atoms with Crippen molar-refractivity contribution in [3.63, 3.8) is 0 Å². The molecule has 22 heavy (non-hydrogen) atoms. The van der Waals surface area contributed by atoms with Crippen molar-refractivity contribution in [2.24, 2.45) is 5.41 Å². The molecular weight excluding hydrogens is 280 g/mol. The molecule has 1 aliphatic carbocycles. The number of hydrogen-bond donors (Lipinski definition) is 3. The molecule has 0 saturated heterocycles. The van der Waals surface area contributed by atoms with Crippen LogP contribution in [-0.2, 0) is 0 Å². The van der Waals surface area contributed by atoms with Crippen LogP contribution in [0.5, 0.6) is 5.75 Å². The van der Waals surface area contributed by atoms with Crippen LogP contribution in [0.25, 0.3) is 0 Å². The van der Waals surface area contributed by atoms with Gasteiger partial charge < -0.3 is 20.5 Å². The number of carbonyl (C=O) groups excluding carboxylic acids is 1.